The zero-order chi connectivity index (χ0) is 9.84. The van der Waals surface area contributed by atoms with Crippen LogP contribution in [0.25, 0.3) is 0 Å². The van der Waals surface area contributed by atoms with E-state index in [1.165, 1.54) is 0 Å². The molecule has 0 aliphatic heterocycles. The Hall–Kier alpha value is -1.38. The van der Waals surface area contributed by atoms with Gasteiger partial charge in [-0.25, -0.2) is 0 Å². The number of hydrogen-bond acceptors (Lipinski definition) is 2. The highest BCUT2D eigenvalue weighted by molar-refractivity contribution is 5.86. The lowest BCUT2D eigenvalue weighted by Crippen LogP contribution is -1.96. The molecule has 0 unspecified atom stereocenters. The molecule has 2 N–H and O–H groups in total. The molecule has 1 aromatic rings. The smallest absolute Gasteiger partial charge is 0.0692 e. The van der Waals surface area contributed by atoms with Crippen LogP contribution in [-0.4, -0.2) is 6.21 Å². The molecular weight excluding hydrogens is 167 g/mol. The van der Waals surface area contributed by atoms with Crippen LogP contribution in [0.4, 0.5) is 10.2 Å². The molecule has 1 aromatic carbocycles. The number of nitrogen functional groups attached to an aromatic ring is 1. The second-order valence-electron chi connectivity index (χ2n) is 3.27. The van der Waals surface area contributed by atoms with Crippen LogP contribution in [0.2, 0.25) is 0 Å². The summed E-state index contributed by atoms with van der Waals surface area (Å²) in [5, 5.41) is 2.44. The fourth-order valence-corrected chi connectivity index (χ4v) is 1.12. The van der Waals surface area contributed by atoms with E-state index in [1.807, 2.05) is 12.1 Å². The number of nitrogens with zero attached hydrogens (tertiary/aromatic N) is 1. The topological polar surface area (TPSA) is 38.4 Å². The van der Waals surface area contributed by atoms with Crippen molar-refractivity contribution in [1.29, 1.82) is 0 Å². The van der Waals surface area contributed by atoms with Gasteiger partial charge in [-0.2, -0.15) is 0 Å². The van der Waals surface area contributed by atoms with Crippen LogP contribution in [0.3, 0.4) is 0 Å². The molecule has 0 heterocycles. The van der Waals surface area contributed by atoms with E-state index in [1.54, 1.807) is 6.07 Å². The van der Waals surface area contributed by atoms with E-state index < -0.39 is 0 Å². The molecule has 1 rings (SSSR count). The minimum absolute atomic E-state index is 0.429. The van der Waals surface area contributed by atoms with Crippen molar-refractivity contribution in [2.45, 2.75) is 19.8 Å². The van der Waals surface area contributed by atoms with Crippen molar-refractivity contribution in [1.82, 2.24) is 0 Å². The Balaban J connectivity index is 3.05. The number of nitrogens with two attached hydrogens (primary N) is 1. The molecule has 0 atom stereocenters. The normalized spacial score (nSPS) is 11.4. The van der Waals surface area contributed by atoms with Gasteiger partial charge in [0.1, 0.15) is 0 Å². The molecule has 2 nitrogen and oxygen atoms in total. The molecule has 70 valence electrons. The van der Waals surface area contributed by atoms with E-state index in [9.17, 15) is 4.48 Å². The van der Waals surface area contributed by atoms with Crippen LogP contribution in [0.15, 0.2) is 23.4 Å². The van der Waals surface area contributed by atoms with Crippen molar-refractivity contribution < 1.29 is 4.48 Å². The molecule has 0 aromatic heterocycles. The van der Waals surface area contributed by atoms with Gasteiger partial charge < -0.3 is 5.73 Å². The SMILES string of the molecule is CC(C)c1ccc(/C=N/F)c(N)c1. The summed E-state index contributed by atoms with van der Waals surface area (Å²) >= 11 is 0. The third-order valence-electron chi connectivity index (χ3n) is 1.97. The lowest BCUT2D eigenvalue weighted by atomic mass is 10.0. The molecule has 0 aliphatic rings. The molecule has 0 saturated carbocycles. The van der Waals surface area contributed by atoms with Gasteiger partial charge in [0.2, 0.25) is 0 Å². The average Bonchev–Trinajstić information content (AvgIpc) is 2.08. The van der Waals surface area contributed by atoms with Crippen molar-refractivity contribution in [3.63, 3.8) is 0 Å². The monoisotopic (exact) mass is 180 g/mol. The predicted octanol–water partition coefficient (Wildman–Crippen LogP) is 2.70. The Labute approximate surface area is 77.2 Å². The highest BCUT2D eigenvalue weighted by Crippen LogP contribution is 2.19. The zero-order valence-corrected chi connectivity index (χ0v) is 7.79. The summed E-state index contributed by atoms with van der Waals surface area (Å²) < 4.78 is 11.6. The lowest BCUT2D eigenvalue weighted by Gasteiger charge is -2.07. The number of hydrogen-bond donors (Lipinski definition) is 1. The van der Waals surface area contributed by atoms with E-state index in [0.29, 0.717) is 17.2 Å². The summed E-state index contributed by atoms with van der Waals surface area (Å²) in [5.74, 6) is 0.429. The van der Waals surface area contributed by atoms with Gasteiger partial charge in [0.25, 0.3) is 0 Å². The van der Waals surface area contributed by atoms with E-state index >= 15 is 0 Å². The number of halogens is 1. The summed E-state index contributed by atoms with van der Waals surface area (Å²) in [7, 11) is 0. The highest BCUT2D eigenvalue weighted by atomic mass is 19.2. The molecule has 0 spiro atoms. The van der Waals surface area contributed by atoms with Gasteiger partial charge in [-0.3, -0.25) is 0 Å². The van der Waals surface area contributed by atoms with Crippen LogP contribution in [0, 0.1) is 0 Å². The third kappa shape index (κ3) is 2.28. The van der Waals surface area contributed by atoms with E-state index in [2.05, 4.69) is 19.1 Å². The third-order valence-corrected chi connectivity index (χ3v) is 1.97. The molecule has 0 aliphatic carbocycles. The van der Waals surface area contributed by atoms with Crippen LogP contribution in [-0.2, 0) is 0 Å². The summed E-state index contributed by atoms with van der Waals surface area (Å²) in [6.45, 7) is 4.16. The molecule has 3 heteroatoms. The summed E-state index contributed by atoms with van der Waals surface area (Å²) in [4.78, 5) is 0. The second-order valence-corrected chi connectivity index (χ2v) is 3.27. The molecular formula is C10H13FN2. The zero-order valence-electron chi connectivity index (χ0n) is 7.79. The van der Waals surface area contributed by atoms with Gasteiger partial charge in [-0.05, 0) is 17.5 Å². The van der Waals surface area contributed by atoms with E-state index in [0.717, 1.165) is 11.8 Å². The van der Waals surface area contributed by atoms with E-state index in [-0.39, 0.29) is 0 Å². The van der Waals surface area contributed by atoms with Crippen molar-refractivity contribution in [2.24, 2.45) is 5.21 Å². The minimum atomic E-state index is 0.429. The number of anilines is 1. The quantitative estimate of drug-likeness (QED) is 0.551. The van der Waals surface area contributed by atoms with Gasteiger partial charge in [0.15, 0.2) is 0 Å². The minimum Gasteiger partial charge on any atom is -0.398 e. The molecule has 13 heavy (non-hydrogen) atoms. The fourth-order valence-electron chi connectivity index (χ4n) is 1.12. The van der Waals surface area contributed by atoms with Gasteiger partial charge in [0, 0.05) is 11.3 Å². The Bertz CT molecular complexity index is 319. The summed E-state index contributed by atoms with van der Waals surface area (Å²) in [6, 6.07) is 5.55. The van der Waals surface area contributed by atoms with Gasteiger partial charge >= 0.3 is 0 Å². The first-order chi connectivity index (χ1) is 6.15. The van der Waals surface area contributed by atoms with Gasteiger partial charge in [-0.15, -0.1) is 0 Å². The first-order valence-corrected chi connectivity index (χ1v) is 4.19. The lowest BCUT2D eigenvalue weighted by molar-refractivity contribution is 0.541. The van der Waals surface area contributed by atoms with Gasteiger partial charge in [-0.1, -0.05) is 35.7 Å². The van der Waals surface area contributed by atoms with Crippen LogP contribution < -0.4 is 5.73 Å². The second kappa shape index (κ2) is 4.03. The Morgan fingerprint density at radius 2 is 2.15 bits per heavy atom. The Morgan fingerprint density at radius 1 is 1.46 bits per heavy atom. The van der Waals surface area contributed by atoms with Crippen molar-refractivity contribution >= 4 is 11.9 Å². The first kappa shape index (κ1) is 9.71. The number of benzene rings is 1. The molecule has 0 saturated heterocycles. The molecule has 0 radical (unpaired) electrons. The van der Waals surface area contributed by atoms with Crippen LogP contribution >= 0.6 is 0 Å². The molecule has 0 fully saturated rings. The van der Waals surface area contributed by atoms with Crippen LogP contribution in [0.1, 0.15) is 30.9 Å². The molecule has 0 amide bonds. The van der Waals surface area contributed by atoms with Crippen molar-refractivity contribution in [3.8, 4) is 0 Å². The average molecular weight is 180 g/mol. The highest BCUT2D eigenvalue weighted by Gasteiger charge is 2.01. The standard InChI is InChI=1S/C10H13FN2/c1-7(2)8-3-4-9(6-13-11)10(12)5-8/h3-7H,12H2,1-2H3/b13-6+. The van der Waals surface area contributed by atoms with Crippen molar-refractivity contribution in [3.05, 3.63) is 29.3 Å². The van der Waals surface area contributed by atoms with E-state index in [4.69, 9.17) is 5.73 Å². The van der Waals surface area contributed by atoms with Crippen LogP contribution in [0.5, 0.6) is 0 Å². The predicted molar refractivity (Wildman–Crippen MR) is 53.6 cm³/mol. The fraction of sp³-hybridized carbons (Fsp3) is 0.300. The maximum atomic E-state index is 11.6. The molecule has 0 bridgehead atoms. The summed E-state index contributed by atoms with van der Waals surface area (Å²) in [6.07, 6.45) is 1.11. The maximum Gasteiger partial charge on any atom is 0.0692 e. The Morgan fingerprint density at radius 3 is 2.62 bits per heavy atom. The number of rotatable bonds is 2. The largest absolute Gasteiger partial charge is 0.398 e. The first-order valence-electron chi connectivity index (χ1n) is 4.19. The van der Waals surface area contributed by atoms with Crippen molar-refractivity contribution in [2.75, 3.05) is 5.73 Å². The summed E-state index contributed by atoms with van der Waals surface area (Å²) in [5.41, 5.74) is 8.01. The van der Waals surface area contributed by atoms with Gasteiger partial charge in [0.05, 0.1) is 6.21 Å². The maximum absolute atomic E-state index is 11.6. The Kier molecular flexibility index (Phi) is 3.01.